The lowest BCUT2D eigenvalue weighted by atomic mass is 10.0. The molecule has 2 aromatic carbocycles. The average molecular weight is 313 g/mol. The van der Waals surface area contributed by atoms with Crippen LogP contribution in [0.2, 0.25) is 10.0 Å². The number of rotatable bonds is 4. The van der Waals surface area contributed by atoms with Gasteiger partial charge in [-0.2, -0.15) is 0 Å². The molecular formula is C15H11Cl2FO2. The van der Waals surface area contributed by atoms with Gasteiger partial charge in [0.05, 0.1) is 7.11 Å². The number of carbonyl (C=O) groups is 1. The summed E-state index contributed by atoms with van der Waals surface area (Å²) < 4.78 is 18.4. The standard InChI is InChI=1S/C15H11Cl2FO2/c1-20-15-3-2-9(4-13(15)18)5-14(19)10-6-11(16)8-12(17)7-10/h2-4,6-8H,5H2,1H3. The predicted octanol–water partition coefficient (Wildman–Crippen LogP) is 4.57. The van der Waals surface area contributed by atoms with Gasteiger partial charge < -0.3 is 4.74 Å². The molecule has 0 spiro atoms. The maximum Gasteiger partial charge on any atom is 0.167 e. The third-order valence-electron chi connectivity index (χ3n) is 2.77. The normalized spacial score (nSPS) is 10.4. The van der Waals surface area contributed by atoms with Crippen molar-refractivity contribution in [3.05, 3.63) is 63.4 Å². The molecule has 0 aliphatic heterocycles. The molecule has 0 fully saturated rings. The fourth-order valence-electron chi connectivity index (χ4n) is 1.82. The second-order valence-electron chi connectivity index (χ2n) is 4.23. The molecule has 0 saturated carbocycles. The number of Topliss-reactive ketones (excluding diaryl/α,β-unsaturated/α-hetero) is 1. The molecule has 0 radical (unpaired) electrons. The van der Waals surface area contributed by atoms with E-state index < -0.39 is 5.82 Å². The fraction of sp³-hybridized carbons (Fsp3) is 0.133. The zero-order valence-electron chi connectivity index (χ0n) is 10.6. The smallest absolute Gasteiger partial charge is 0.167 e. The van der Waals surface area contributed by atoms with Crippen LogP contribution < -0.4 is 4.74 Å². The average Bonchev–Trinajstić information content (AvgIpc) is 2.37. The van der Waals surface area contributed by atoms with Crippen LogP contribution in [0.4, 0.5) is 4.39 Å². The first kappa shape index (κ1) is 14.8. The molecule has 2 aromatic rings. The van der Waals surface area contributed by atoms with E-state index in [1.165, 1.54) is 31.4 Å². The van der Waals surface area contributed by atoms with Crippen molar-refractivity contribution in [2.24, 2.45) is 0 Å². The monoisotopic (exact) mass is 312 g/mol. The Hall–Kier alpha value is -1.58. The van der Waals surface area contributed by atoms with Crippen molar-refractivity contribution in [3.63, 3.8) is 0 Å². The molecule has 0 aromatic heterocycles. The van der Waals surface area contributed by atoms with Crippen LogP contribution in [0.1, 0.15) is 15.9 Å². The molecule has 0 heterocycles. The molecule has 0 unspecified atom stereocenters. The summed E-state index contributed by atoms with van der Waals surface area (Å²) in [5.41, 5.74) is 0.961. The Morgan fingerprint density at radius 2 is 1.80 bits per heavy atom. The van der Waals surface area contributed by atoms with Crippen LogP contribution in [0, 0.1) is 5.82 Å². The van der Waals surface area contributed by atoms with Crippen molar-refractivity contribution in [3.8, 4) is 5.75 Å². The van der Waals surface area contributed by atoms with Gasteiger partial charge in [0.15, 0.2) is 17.3 Å². The molecule has 0 aliphatic carbocycles. The minimum absolute atomic E-state index is 0.0670. The van der Waals surface area contributed by atoms with Gasteiger partial charge in [-0.3, -0.25) is 4.79 Å². The number of ether oxygens (including phenoxy) is 1. The molecule has 5 heteroatoms. The second kappa shape index (κ2) is 6.25. The molecule has 0 N–H and O–H groups in total. The third kappa shape index (κ3) is 3.50. The molecular weight excluding hydrogens is 302 g/mol. The summed E-state index contributed by atoms with van der Waals surface area (Å²) in [5.74, 6) is -0.534. The van der Waals surface area contributed by atoms with Gasteiger partial charge in [-0.1, -0.05) is 29.3 Å². The molecule has 104 valence electrons. The summed E-state index contributed by atoms with van der Waals surface area (Å²) in [6, 6.07) is 9.04. The summed E-state index contributed by atoms with van der Waals surface area (Å²) in [6.45, 7) is 0. The van der Waals surface area contributed by atoms with E-state index in [2.05, 4.69) is 0 Å². The quantitative estimate of drug-likeness (QED) is 0.773. The van der Waals surface area contributed by atoms with Crippen LogP contribution in [-0.4, -0.2) is 12.9 Å². The van der Waals surface area contributed by atoms with Gasteiger partial charge in [-0.15, -0.1) is 0 Å². The Labute approximate surface area is 126 Å². The Morgan fingerprint density at radius 3 is 2.35 bits per heavy atom. The van der Waals surface area contributed by atoms with Gasteiger partial charge in [0.2, 0.25) is 0 Å². The van der Waals surface area contributed by atoms with E-state index in [0.29, 0.717) is 21.2 Å². The largest absolute Gasteiger partial charge is 0.494 e. The number of carbonyl (C=O) groups excluding carboxylic acids is 1. The van der Waals surface area contributed by atoms with Crippen molar-refractivity contribution < 1.29 is 13.9 Å². The first-order valence-corrected chi connectivity index (χ1v) is 6.57. The number of hydrogen-bond acceptors (Lipinski definition) is 2. The topological polar surface area (TPSA) is 26.3 Å². The molecule has 2 rings (SSSR count). The van der Waals surface area contributed by atoms with E-state index >= 15 is 0 Å². The fourth-order valence-corrected chi connectivity index (χ4v) is 2.35. The van der Waals surface area contributed by atoms with E-state index in [9.17, 15) is 9.18 Å². The summed E-state index contributed by atoms with van der Waals surface area (Å²) in [4.78, 5) is 12.1. The first-order valence-electron chi connectivity index (χ1n) is 5.81. The molecule has 0 atom stereocenters. The van der Waals surface area contributed by atoms with Crippen molar-refractivity contribution in [1.29, 1.82) is 0 Å². The summed E-state index contributed by atoms with van der Waals surface area (Å²) >= 11 is 11.7. The molecule has 0 aliphatic rings. The van der Waals surface area contributed by atoms with Crippen molar-refractivity contribution >= 4 is 29.0 Å². The number of ketones is 1. The van der Waals surface area contributed by atoms with Crippen LogP contribution in [-0.2, 0) is 6.42 Å². The van der Waals surface area contributed by atoms with Gasteiger partial charge in [-0.05, 0) is 35.9 Å². The highest BCUT2D eigenvalue weighted by atomic mass is 35.5. The van der Waals surface area contributed by atoms with Crippen molar-refractivity contribution in [2.45, 2.75) is 6.42 Å². The SMILES string of the molecule is COc1ccc(CC(=O)c2cc(Cl)cc(Cl)c2)cc1F. The summed E-state index contributed by atoms with van der Waals surface area (Å²) in [5, 5.41) is 0.781. The van der Waals surface area contributed by atoms with Gasteiger partial charge >= 0.3 is 0 Å². The number of halogens is 3. The van der Waals surface area contributed by atoms with E-state index in [0.717, 1.165) is 0 Å². The molecule has 0 saturated heterocycles. The van der Waals surface area contributed by atoms with Gasteiger partial charge in [0.25, 0.3) is 0 Å². The lowest BCUT2D eigenvalue weighted by Crippen LogP contribution is -2.04. The van der Waals surface area contributed by atoms with E-state index in [1.54, 1.807) is 12.1 Å². The van der Waals surface area contributed by atoms with Crippen LogP contribution in [0.5, 0.6) is 5.75 Å². The van der Waals surface area contributed by atoms with Crippen LogP contribution in [0.15, 0.2) is 36.4 Å². The number of methoxy groups -OCH3 is 1. The van der Waals surface area contributed by atoms with Crippen molar-refractivity contribution in [2.75, 3.05) is 7.11 Å². The third-order valence-corrected chi connectivity index (χ3v) is 3.20. The van der Waals surface area contributed by atoms with Crippen LogP contribution in [0.25, 0.3) is 0 Å². The number of hydrogen-bond donors (Lipinski definition) is 0. The predicted molar refractivity (Wildman–Crippen MR) is 77.4 cm³/mol. The molecule has 20 heavy (non-hydrogen) atoms. The Balaban J connectivity index is 2.21. The Bertz CT molecular complexity index is 636. The van der Waals surface area contributed by atoms with E-state index in [4.69, 9.17) is 27.9 Å². The zero-order chi connectivity index (χ0) is 14.7. The van der Waals surface area contributed by atoms with Crippen molar-refractivity contribution in [1.82, 2.24) is 0 Å². The van der Waals surface area contributed by atoms with Gasteiger partial charge in [0.1, 0.15) is 0 Å². The molecule has 0 bridgehead atoms. The second-order valence-corrected chi connectivity index (χ2v) is 5.10. The maximum atomic E-state index is 13.6. The van der Waals surface area contributed by atoms with Gasteiger partial charge in [-0.25, -0.2) is 4.39 Å². The van der Waals surface area contributed by atoms with E-state index in [-0.39, 0.29) is 18.0 Å². The highest BCUT2D eigenvalue weighted by Gasteiger charge is 2.11. The number of benzene rings is 2. The minimum Gasteiger partial charge on any atom is -0.494 e. The minimum atomic E-state index is -0.498. The van der Waals surface area contributed by atoms with Crippen LogP contribution >= 0.6 is 23.2 Å². The van der Waals surface area contributed by atoms with Gasteiger partial charge in [0, 0.05) is 22.0 Å². The highest BCUT2D eigenvalue weighted by Crippen LogP contribution is 2.22. The Morgan fingerprint density at radius 1 is 1.15 bits per heavy atom. The highest BCUT2D eigenvalue weighted by molar-refractivity contribution is 6.35. The first-order chi connectivity index (χ1) is 9.49. The summed E-state index contributed by atoms with van der Waals surface area (Å²) in [7, 11) is 1.39. The molecule has 2 nitrogen and oxygen atoms in total. The van der Waals surface area contributed by atoms with Crippen LogP contribution in [0.3, 0.4) is 0 Å². The Kier molecular flexibility index (Phi) is 4.63. The zero-order valence-corrected chi connectivity index (χ0v) is 12.1. The lowest BCUT2D eigenvalue weighted by molar-refractivity contribution is 0.0993. The maximum absolute atomic E-state index is 13.6. The lowest BCUT2D eigenvalue weighted by Gasteiger charge is -2.06. The molecule has 0 amide bonds. The van der Waals surface area contributed by atoms with E-state index in [1.807, 2.05) is 0 Å². The summed E-state index contributed by atoms with van der Waals surface area (Å²) in [6.07, 6.45) is 0.0670.